The first-order chi connectivity index (χ1) is 8.11. The molecule has 0 unspecified atom stereocenters. The van der Waals surface area contributed by atoms with Crippen LogP contribution in [-0.2, 0) is 9.53 Å². The first-order valence-corrected chi connectivity index (χ1v) is 6.66. The third kappa shape index (κ3) is 3.19. The minimum absolute atomic E-state index is 0.311. The third-order valence-electron chi connectivity index (χ3n) is 3.75. The minimum Gasteiger partial charge on any atom is -0.383 e. The van der Waals surface area contributed by atoms with Gasteiger partial charge >= 0.3 is 0 Å². The molecule has 4 heteroatoms. The lowest BCUT2D eigenvalue weighted by molar-refractivity contribution is -0.128. The van der Waals surface area contributed by atoms with Gasteiger partial charge in [0.2, 0.25) is 5.91 Å². The van der Waals surface area contributed by atoms with E-state index in [1.54, 1.807) is 7.11 Å². The quantitative estimate of drug-likeness (QED) is 0.753. The summed E-state index contributed by atoms with van der Waals surface area (Å²) in [4.78, 5) is 13.9. The number of hydrogen-bond donors (Lipinski definition) is 1. The van der Waals surface area contributed by atoms with Gasteiger partial charge in [-0.1, -0.05) is 13.8 Å². The summed E-state index contributed by atoms with van der Waals surface area (Å²) in [6.07, 6.45) is 3.05. The second kappa shape index (κ2) is 5.36. The van der Waals surface area contributed by atoms with Crippen molar-refractivity contribution in [3.63, 3.8) is 0 Å². The highest BCUT2D eigenvalue weighted by Gasteiger charge is 2.39. The highest BCUT2D eigenvalue weighted by Crippen LogP contribution is 2.30. The molecule has 0 aromatic heterocycles. The molecule has 0 spiro atoms. The molecule has 0 radical (unpaired) electrons. The number of carbonyl (C=O) groups excluding carboxylic acids is 1. The van der Waals surface area contributed by atoms with E-state index in [0.29, 0.717) is 43.0 Å². The molecule has 1 aliphatic heterocycles. The van der Waals surface area contributed by atoms with Gasteiger partial charge in [0.1, 0.15) is 0 Å². The Morgan fingerprint density at radius 3 is 2.71 bits per heavy atom. The summed E-state index contributed by atoms with van der Waals surface area (Å²) in [7, 11) is 1.73. The Morgan fingerprint density at radius 2 is 2.18 bits per heavy atom. The van der Waals surface area contributed by atoms with E-state index in [1.165, 1.54) is 12.8 Å². The fraction of sp³-hybridized carbons (Fsp3) is 0.923. The van der Waals surface area contributed by atoms with Crippen molar-refractivity contribution in [2.75, 3.05) is 20.3 Å². The van der Waals surface area contributed by atoms with Crippen LogP contribution >= 0.6 is 0 Å². The predicted molar refractivity (Wildman–Crippen MR) is 66.8 cm³/mol. The lowest BCUT2D eigenvalue weighted by atomic mass is 10.0. The van der Waals surface area contributed by atoms with Crippen molar-refractivity contribution in [3.8, 4) is 0 Å². The SMILES string of the molecule is COC[C@H](N[C@@H]1CC(=O)N(C2CC2)C1)C(C)C. The number of amides is 1. The summed E-state index contributed by atoms with van der Waals surface area (Å²) >= 11 is 0. The maximum atomic E-state index is 11.8. The summed E-state index contributed by atoms with van der Waals surface area (Å²) in [6, 6.07) is 1.21. The second-order valence-electron chi connectivity index (χ2n) is 5.65. The van der Waals surface area contributed by atoms with Crippen molar-refractivity contribution < 1.29 is 9.53 Å². The van der Waals surface area contributed by atoms with Gasteiger partial charge < -0.3 is 15.0 Å². The molecule has 1 aliphatic carbocycles. The summed E-state index contributed by atoms with van der Waals surface area (Å²) in [5.74, 6) is 0.852. The Labute approximate surface area is 104 Å². The Balaban J connectivity index is 1.84. The molecule has 4 nitrogen and oxygen atoms in total. The fourth-order valence-corrected chi connectivity index (χ4v) is 2.50. The highest BCUT2D eigenvalue weighted by atomic mass is 16.5. The molecular weight excluding hydrogens is 216 g/mol. The van der Waals surface area contributed by atoms with E-state index in [1.807, 2.05) is 0 Å². The number of rotatable bonds is 6. The number of likely N-dealkylation sites (tertiary alicyclic amines) is 1. The van der Waals surface area contributed by atoms with E-state index < -0.39 is 0 Å². The number of ether oxygens (including phenoxy) is 1. The van der Waals surface area contributed by atoms with Crippen LogP contribution in [0.15, 0.2) is 0 Å². The van der Waals surface area contributed by atoms with Gasteiger partial charge in [0, 0.05) is 38.2 Å². The number of hydrogen-bond acceptors (Lipinski definition) is 3. The van der Waals surface area contributed by atoms with Gasteiger partial charge in [-0.05, 0) is 18.8 Å². The first kappa shape index (κ1) is 12.8. The van der Waals surface area contributed by atoms with E-state index in [2.05, 4.69) is 24.1 Å². The van der Waals surface area contributed by atoms with Crippen molar-refractivity contribution in [1.29, 1.82) is 0 Å². The lowest BCUT2D eigenvalue weighted by Gasteiger charge is -2.25. The average Bonchev–Trinajstić information content (AvgIpc) is 3.03. The second-order valence-corrected chi connectivity index (χ2v) is 5.65. The van der Waals surface area contributed by atoms with Gasteiger partial charge in [-0.15, -0.1) is 0 Å². The minimum atomic E-state index is 0.311. The lowest BCUT2D eigenvalue weighted by Crippen LogP contribution is -2.45. The monoisotopic (exact) mass is 240 g/mol. The van der Waals surface area contributed by atoms with E-state index in [9.17, 15) is 4.79 Å². The zero-order valence-corrected chi connectivity index (χ0v) is 11.1. The highest BCUT2D eigenvalue weighted by molar-refractivity contribution is 5.80. The van der Waals surface area contributed by atoms with Crippen LogP contribution in [0, 0.1) is 5.92 Å². The molecule has 0 bridgehead atoms. The number of nitrogens with one attached hydrogen (secondary N) is 1. The smallest absolute Gasteiger partial charge is 0.224 e. The van der Waals surface area contributed by atoms with Gasteiger partial charge in [0.05, 0.1) is 6.61 Å². The van der Waals surface area contributed by atoms with Gasteiger partial charge in [0.25, 0.3) is 0 Å². The predicted octanol–water partition coefficient (Wildman–Crippen LogP) is 1.01. The van der Waals surface area contributed by atoms with Crippen molar-refractivity contribution in [2.45, 2.75) is 51.2 Å². The summed E-state index contributed by atoms with van der Waals surface area (Å²) in [6.45, 7) is 5.97. The first-order valence-electron chi connectivity index (χ1n) is 6.66. The van der Waals surface area contributed by atoms with Crippen molar-refractivity contribution in [3.05, 3.63) is 0 Å². The van der Waals surface area contributed by atoms with Crippen LogP contribution in [0.25, 0.3) is 0 Å². The standard InChI is InChI=1S/C13H24N2O2/c1-9(2)12(8-17-3)14-10-6-13(16)15(7-10)11-4-5-11/h9-12,14H,4-8H2,1-3H3/t10-,12+/m1/s1. The zero-order valence-electron chi connectivity index (χ0n) is 11.1. The van der Waals surface area contributed by atoms with Crippen LogP contribution in [0.5, 0.6) is 0 Å². The fourth-order valence-electron chi connectivity index (χ4n) is 2.50. The molecule has 2 aliphatic rings. The van der Waals surface area contributed by atoms with Crippen LogP contribution < -0.4 is 5.32 Å². The Hall–Kier alpha value is -0.610. The zero-order chi connectivity index (χ0) is 12.4. The molecule has 0 aromatic carbocycles. The summed E-state index contributed by atoms with van der Waals surface area (Å²) in [5.41, 5.74) is 0. The largest absolute Gasteiger partial charge is 0.383 e. The number of methoxy groups -OCH3 is 1. The summed E-state index contributed by atoms with van der Waals surface area (Å²) < 4.78 is 5.23. The van der Waals surface area contributed by atoms with Crippen molar-refractivity contribution >= 4 is 5.91 Å². The molecule has 2 rings (SSSR count). The van der Waals surface area contributed by atoms with Crippen LogP contribution in [0.1, 0.15) is 33.1 Å². The van der Waals surface area contributed by atoms with Gasteiger partial charge in [0.15, 0.2) is 0 Å². The van der Waals surface area contributed by atoms with Crippen LogP contribution in [-0.4, -0.2) is 49.2 Å². The molecule has 1 saturated carbocycles. The van der Waals surface area contributed by atoms with Crippen LogP contribution in [0.4, 0.5) is 0 Å². The average molecular weight is 240 g/mol. The molecule has 1 saturated heterocycles. The molecular formula is C13H24N2O2. The van der Waals surface area contributed by atoms with Crippen molar-refractivity contribution in [2.24, 2.45) is 5.92 Å². The van der Waals surface area contributed by atoms with Gasteiger partial charge in [-0.2, -0.15) is 0 Å². The summed E-state index contributed by atoms with van der Waals surface area (Å²) in [5, 5.41) is 3.57. The Kier molecular flexibility index (Phi) is 4.05. The van der Waals surface area contributed by atoms with E-state index in [4.69, 9.17) is 4.74 Å². The van der Waals surface area contributed by atoms with E-state index in [0.717, 1.165) is 6.54 Å². The third-order valence-corrected chi connectivity index (χ3v) is 3.75. The topological polar surface area (TPSA) is 41.6 Å². The number of nitrogens with zero attached hydrogens (tertiary/aromatic N) is 1. The van der Waals surface area contributed by atoms with Crippen LogP contribution in [0.3, 0.4) is 0 Å². The number of carbonyl (C=O) groups is 1. The Morgan fingerprint density at radius 1 is 1.47 bits per heavy atom. The molecule has 98 valence electrons. The van der Waals surface area contributed by atoms with E-state index >= 15 is 0 Å². The molecule has 2 atom stereocenters. The molecule has 1 N–H and O–H groups in total. The molecule has 17 heavy (non-hydrogen) atoms. The molecule has 2 fully saturated rings. The van der Waals surface area contributed by atoms with Gasteiger partial charge in [-0.25, -0.2) is 0 Å². The van der Waals surface area contributed by atoms with E-state index in [-0.39, 0.29) is 0 Å². The Bertz CT molecular complexity index is 277. The maximum absolute atomic E-state index is 11.8. The van der Waals surface area contributed by atoms with Crippen molar-refractivity contribution in [1.82, 2.24) is 10.2 Å². The normalized spacial score (nSPS) is 26.9. The molecule has 0 aromatic rings. The molecule has 1 amide bonds. The van der Waals surface area contributed by atoms with Gasteiger partial charge in [-0.3, -0.25) is 4.79 Å². The van der Waals surface area contributed by atoms with Crippen LogP contribution in [0.2, 0.25) is 0 Å². The maximum Gasteiger partial charge on any atom is 0.224 e. The molecule has 1 heterocycles.